The Balaban J connectivity index is 1.53. The Bertz CT molecular complexity index is 936. The van der Waals surface area contributed by atoms with E-state index in [1.54, 1.807) is 23.2 Å². The van der Waals surface area contributed by atoms with Crippen LogP contribution in [0, 0.1) is 23.0 Å². The molecule has 3 rings (SSSR count). The molecule has 0 atom stereocenters. The average molecular weight is 385 g/mol. The third kappa shape index (κ3) is 4.23. The van der Waals surface area contributed by atoms with E-state index in [0.29, 0.717) is 43.6 Å². The third-order valence-electron chi connectivity index (χ3n) is 4.41. The molecule has 2 heterocycles. The highest BCUT2D eigenvalue weighted by molar-refractivity contribution is 5.96. The Hall–Kier alpha value is -3.54. The number of carbonyl (C=O) groups is 2. The van der Waals surface area contributed by atoms with Crippen LogP contribution in [0.5, 0.6) is 0 Å². The highest BCUT2D eigenvalue weighted by Crippen LogP contribution is 2.18. The first kappa shape index (κ1) is 19.2. The molecule has 144 valence electrons. The fourth-order valence-electron chi connectivity index (χ4n) is 2.94. The number of nitriles is 1. The van der Waals surface area contributed by atoms with Crippen molar-refractivity contribution in [3.63, 3.8) is 0 Å². The fourth-order valence-corrected chi connectivity index (χ4v) is 2.94. The second-order valence-corrected chi connectivity index (χ2v) is 6.16. The number of anilines is 1. The summed E-state index contributed by atoms with van der Waals surface area (Å²) in [6.07, 6.45) is 1.61. The molecule has 0 saturated carbocycles. The summed E-state index contributed by atoms with van der Waals surface area (Å²) in [4.78, 5) is 32.0. The lowest BCUT2D eigenvalue weighted by Gasteiger charge is -2.35. The normalized spacial score (nSPS) is 13.8. The molecule has 9 heteroatoms. The van der Waals surface area contributed by atoms with Crippen LogP contribution in [0.1, 0.15) is 15.9 Å². The Morgan fingerprint density at radius 1 is 1.18 bits per heavy atom. The number of pyridine rings is 1. The number of amides is 2. The highest BCUT2D eigenvalue weighted by Gasteiger charge is 2.24. The molecule has 1 fully saturated rings. The maximum Gasteiger partial charge on any atom is 0.254 e. The summed E-state index contributed by atoms with van der Waals surface area (Å²) in [6.45, 7) is 1.51. The SMILES string of the molecule is N#Cc1cccnc1N1CCN(C(=O)CNC(=O)c2ccc(F)cc2F)CC1. The molecule has 1 saturated heterocycles. The van der Waals surface area contributed by atoms with Gasteiger partial charge in [0.05, 0.1) is 17.7 Å². The van der Waals surface area contributed by atoms with Crippen LogP contribution in [0.3, 0.4) is 0 Å². The molecule has 0 aliphatic carbocycles. The summed E-state index contributed by atoms with van der Waals surface area (Å²) in [5.74, 6) is -2.27. The van der Waals surface area contributed by atoms with Crippen LogP contribution in [0.25, 0.3) is 0 Å². The zero-order valence-corrected chi connectivity index (χ0v) is 14.9. The van der Waals surface area contributed by atoms with Crippen LogP contribution in [0.15, 0.2) is 36.5 Å². The predicted molar refractivity (Wildman–Crippen MR) is 96.4 cm³/mol. The van der Waals surface area contributed by atoms with Crippen LogP contribution in [0.2, 0.25) is 0 Å². The van der Waals surface area contributed by atoms with Crippen LogP contribution in [-0.2, 0) is 4.79 Å². The Labute approximate surface area is 160 Å². The van der Waals surface area contributed by atoms with Gasteiger partial charge in [0.2, 0.25) is 5.91 Å². The minimum atomic E-state index is -0.984. The van der Waals surface area contributed by atoms with E-state index in [1.165, 1.54) is 0 Å². The fraction of sp³-hybridized carbons (Fsp3) is 0.263. The van der Waals surface area contributed by atoms with Gasteiger partial charge in [0.1, 0.15) is 23.5 Å². The van der Waals surface area contributed by atoms with Gasteiger partial charge in [-0.1, -0.05) is 0 Å². The van der Waals surface area contributed by atoms with E-state index in [9.17, 15) is 23.6 Å². The van der Waals surface area contributed by atoms with Crippen LogP contribution in [-0.4, -0.2) is 54.4 Å². The third-order valence-corrected chi connectivity index (χ3v) is 4.41. The number of benzene rings is 1. The van der Waals surface area contributed by atoms with E-state index in [4.69, 9.17) is 0 Å². The molecule has 28 heavy (non-hydrogen) atoms. The topological polar surface area (TPSA) is 89.3 Å². The van der Waals surface area contributed by atoms with Crippen molar-refractivity contribution < 1.29 is 18.4 Å². The number of aromatic nitrogens is 1. The number of hydrogen-bond donors (Lipinski definition) is 1. The second kappa shape index (κ2) is 8.43. The van der Waals surface area contributed by atoms with Gasteiger partial charge in [-0.2, -0.15) is 5.26 Å². The molecule has 0 unspecified atom stereocenters. The monoisotopic (exact) mass is 385 g/mol. The van der Waals surface area contributed by atoms with Gasteiger partial charge < -0.3 is 15.1 Å². The Kier molecular flexibility index (Phi) is 5.79. The molecule has 1 N–H and O–H groups in total. The Morgan fingerprint density at radius 3 is 2.61 bits per heavy atom. The summed E-state index contributed by atoms with van der Waals surface area (Å²) < 4.78 is 26.5. The summed E-state index contributed by atoms with van der Waals surface area (Å²) >= 11 is 0. The largest absolute Gasteiger partial charge is 0.352 e. The molecule has 1 aromatic heterocycles. The van der Waals surface area contributed by atoms with Crippen molar-refractivity contribution in [2.75, 3.05) is 37.6 Å². The van der Waals surface area contributed by atoms with E-state index in [-0.39, 0.29) is 18.0 Å². The smallest absolute Gasteiger partial charge is 0.254 e. The van der Waals surface area contributed by atoms with E-state index < -0.39 is 17.5 Å². The number of rotatable bonds is 4. The van der Waals surface area contributed by atoms with Gasteiger partial charge in [-0.3, -0.25) is 9.59 Å². The average Bonchev–Trinajstić information content (AvgIpc) is 2.72. The predicted octanol–water partition coefficient (Wildman–Crippen LogP) is 1.31. The number of piperazine rings is 1. The molecule has 0 spiro atoms. The lowest BCUT2D eigenvalue weighted by Crippen LogP contribution is -2.51. The molecule has 1 aromatic carbocycles. The molecule has 1 aliphatic heterocycles. The lowest BCUT2D eigenvalue weighted by molar-refractivity contribution is -0.130. The number of hydrogen-bond acceptors (Lipinski definition) is 5. The van der Waals surface area contributed by atoms with Gasteiger partial charge in [0.25, 0.3) is 5.91 Å². The zero-order valence-electron chi connectivity index (χ0n) is 14.9. The summed E-state index contributed by atoms with van der Waals surface area (Å²) in [5.41, 5.74) is 0.147. The maximum absolute atomic E-state index is 13.6. The molecule has 0 bridgehead atoms. The number of nitrogens with zero attached hydrogens (tertiary/aromatic N) is 4. The number of carbonyl (C=O) groups excluding carboxylic acids is 2. The van der Waals surface area contributed by atoms with Gasteiger partial charge in [-0.05, 0) is 24.3 Å². The van der Waals surface area contributed by atoms with Crippen molar-refractivity contribution in [1.82, 2.24) is 15.2 Å². The minimum Gasteiger partial charge on any atom is -0.352 e. The highest BCUT2D eigenvalue weighted by atomic mass is 19.1. The first-order chi connectivity index (χ1) is 13.5. The zero-order chi connectivity index (χ0) is 20.1. The lowest BCUT2D eigenvalue weighted by atomic mass is 10.2. The van der Waals surface area contributed by atoms with Crippen molar-refractivity contribution in [3.05, 3.63) is 59.3 Å². The van der Waals surface area contributed by atoms with Gasteiger partial charge >= 0.3 is 0 Å². The van der Waals surface area contributed by atoms with E-state index >= 15 is 0 Å². The van der Waals surface area contributed by atoms with Crippen molar-refractivity contribution in [1.29, 1.82) is 5.26 Å². The van der Waals surface area contributed by atoms with Crippen LogP contribution >= 0.6 is 0 Å². The van der Waals surface area contributed by atoms with Crippen molar-refractivity contribution in [3.8, 4) is 6.07 Å². The molecule has 2 amide bonds. The van der Waals surface area contributed by atoms with Gasteiger partial charge in [0.15, 0.2) is 0 Å². The molecular formula is C19H17F2N5O2. The minimum absolute atomic E-state index is 0.289. The van der Waals surface area contributed by atoms with E-state index in [0.717, 1.165) is 12.1 Å². The van der Waals surface area contributed by atoms with Gasteiger partial charge in [-0.15, -0.1) is 0 Å². The molecule has 7 nitrogen and oxygen atoms in total. The molecule has 2 aromatic rings. The molecular weight excluding hydrogens is 368 g/mol. The first-order valence-electron chi connectivity index (χ1n) is 8.60. The van der Waals surface area contributed by atoms with E-state index in [2.05, 4.69) is 16.4 Å². The number of halogens is 2. The summed E-state index contributed by atoms with van der Waals surface area (Å²) in [6, 6.07) is 8.09. The van der Waals surface area contributed by atoms with Crippen molar-refractivity contribution in [2.45, 2.75) is 0 Å². The Morgan fingerprint density at radius 2 is 1.93 bits per heavy atom. The standard InChI is InChI=1S/C19H17F2N5O2/c20-14-3-4-15(16(21)10-14)19(28)24-12-17(27)25-6-8-26(9-7-25)18-13(11-22)2-1-5-23-18/h1-5,10H,6-9,12H2,(H,24,28). The van der Waals surface area contributed by atoms with Gasteiger partial charge in [-0.25, -0.2) is 13.8 Å². The maximum atomic E-state index is 13.6. The quantitative estimate of drug-likeness (QED) is 0.857. The second-order valence-electron chi connectivity index (χ2n) is 6.16. The number of nitrogens with one attached hydrogen (secondary N) is 1. The molecule has 0 radical (unpaired) electrons. The van der Waals surface area contributed by atoms with Crippen molar-refractivity contribution >= 4 is 17.6 Å². The van der Waals surface area contributed by atoms with Crippen LogP contribution < -0.4 is 10.2 Å². The van der Waals surface area contributed by atoms with E-state index in [1.807, 2.05) is 4.90 Å². The van der Waals surface area contributed by atoms with Crippen LogP contribution in [0.4, 0.5) is 14.6 Å². The van der Waals surface area contributed by atoms with Crippen molar-refractivity contribution in [2.24, 2.45) is 0 Å². The summed E-state index contributed by atoms with van der Waals surface area (Å²) in [5, 5.41) is 11.5. The molecule has 1 aliphatic rings. The summed E-state index contributed by atoms with van der Waals surface area (Å²) in [7, 11) is 0. The van der Waals surface area contributed by atoms with Gasteiger partial charge in [0, 0.05) is 38.4 Å². The first-order valence-corrected chi connectivity index (χ1v) is 8.60.